The molecule has 1 aliphatic rings. The number of aromatic hydroxyl groups is 1. The molecule has 24 heavy (non-hydrogen) atoms. The van der Waals surface area contributed by atoms with Gasteiger partial charge < -0.3 is 10.4 Å². The van der Waals surface area contributed by atoms with Crippen LogP contribution >= 0.6 is 11.8 Å². The van der Waals surface area contributed by atoms with E-state index < -0.39 is 0 Å². The van der Waals surface area contributed by atoms with Crippen LogP contribution in [0.5, 0.6) is 5.75 Å². The molecule has 1 fully saturated rings. The molecule has 2 N–H and O–H groups in total. The predicted octanol–water partition coefficient (Wildman–Crippen LogP) is 2.86. The van der Waals surface area contributed by atoms with Crippen LogP contribution in [-0.2, 0) is 11.2 Å². The molecule has 0 unspecified atom stereocenters. The second-order valence-electron chi connectivity index (χ2n) is 5.53. The number of thioether (sulfide) groups is 1. The van der Waals surface area contributed by atoms with Gasteiger partial charge in [0.2, 0.25) is 5.91 Å². The summed E-state index contributed by atoms with van der Waals surface area (Å²) >= 11 is 1.39. The van der Waals surface area contributed by atoms with Gasteiger partial charge in [0.05, 0.1) is 11.5 Å². The van der Waals surface area contributed by atoms with Gasteiger partial charge in [-0.2, -0.15) is 5.10 Å². The highest BCUT2D eigenvalue weighted by atomic mass is 32.2. The number of carbonyl (C=O) groups excluding carboxylic acids is 1. The molecule has 0 aromatic heterocycles. The molecule has 1 heterocycles. The average molecular weight is 339 g/mol. The van der Waals surface area contributed by atoms with Crippen molar-refractivity contribution in [3.05, 3.63) is 65.2 Å². The summed E-state index contributed by atoms with van der Waals surface area (Å²) in [7, 11) is 0. The van der Waals surface area contributed by atoms with Gasteiger partial charge >= 0.3 is 0 Å². The van der Waals surface area contributed by atoms with Crippen LogP contribution in [-0.4, -0.2) is 27.6 Å². The highest BCUT2D eigenvalue weighted by molar-refractivity contribution is 8.15. The molecule has 1 atom stereocenters. The van der Waals surface area contributed by atoms with E-state index in [0.717, 1.165) is 11.1 Å². The second-order valence-corrected chi connectivity index (χ2v) is 6.72. The third-order valence-electron chi connectivity index (χ3n) is 3.57. The Morgan fingerprint density at radius 1 is 1.17 bits per heavy atom. The van der Waals surface area contributed by atoms with Gasteiger partial charge in [-0.15, -0.1) is 5.10 Å². The summed E-state index contributed by atoms with van der Waals surface area (Å²) in [5, 5.41) is 20.3. The average Bonchev–Trinajstić information content (AvgIpc) is 2.91. The quantitative estimate of drug-likeness (QED) is 0.664. The molecule has 0 aliphatic carbocycles. The van der Waals surface area contributed by atoms with Crippen molar-refractivity contribution in [3.63, 3.8) is 0 Å². The van der Waals surface area contributed by atoms with Crippen molar-refractivity contribution < 1.29 is 9.90 Å². The number of hydrogen-bond donors (Lipinski definition) is 2. The lowest BCUT2D eigenvalue weighted by atomic mass is 10.1. The minimum Gasteiger partial charge on any atom is -0.508 e. The van der Waals surface area contributed by atoms with Crippen LogP contribution in [0, 0.1) is 6.92 Å². The van der Waals surface area contributed by atoms with Crippen molar-refractivity contribution in [2.24, 2.45) is 10.2 Å². The second kappa shape index (κ2) is 7.31. The molecule has 1 saturated heterocycles. The molecular weight excluding hydrogens is 322 g/mol. The van der Waals surface area contributed by atoms with E-state index in [1.807, 2.05) is 31.2 Å². The van der Waals surface area contributed by atoms with Crippen LogP contribution in [0.2, 0.25) is 0 Å². The topological polar surface area (TPSA) is 74.1 Å². The summed E-state index contributed by atoms with van der Waals surface area (Å²) in [5.74, 6) is 0.162. The van der Waals surface area contributed by atoms with Crippen LogP contribution < -0.4 is 5.32 Å². The van der Waals surface area contributed by atoms with Gasteiger partial charge in [-0.05, 0) is 48.7 Å². The van der Waals surface area contributed by atoms with E-state index in [9.17, 15) is 9.90 Å². The van der Waals surface area contributed by atoms with E-state index in [-0.39, 0.29) is 16.9 Å². The summed E-state index contributed by atoms with van der Waals surface area (Å²) < 4.78 is 0. The van der Waals surface area contributed by atoms with Crippen LogP contribution in [0.4, 0.5) is 0 Å². The molecule has 122 valence electrons. The highest BCUT2D eigenvalue weighted by Gasteiger charge is 2.30. The van der Waals surface area contributed by atoms with Crippen LogP contribution in [0.15, 0.2) is 58.7 Å². The fourth-order valence-electron chi connectivity index (χ4n) is 2.23. The molecule has 6 heteroatoms. The third-order valence-corrected chi connectivity index (χ3v) is 4.64. The van der Waals surface area contributed by atoms with Crippen molar-refractivity contribution in [2.45, 2.75) is 18.6 Å². The number of phenolic OH excluding ortho intramolecular Hbond substituents is 1. The molecule has 2 aromatic rings. The Balaban J connectivity index is 1.61. The number of benzene rings is 2. The third kappa shape index (κ3) is 4.23. The zero-order valence-electron chi connectivity index (χ0n) is 13.1. The standard InChI is InChI=1S/C18H17N3O2S/c1-12-2-4-13(5-3-12)10-16-17(23)20-18(24-16)21-19-11-14-6-8-15(22)9-7-14/h2-9,11,16,22H,10H2,1H3,(H,20,21,23)/b19-11+/t16-/m0/s1. The number of aryl methyl sites for hydroxylation is 1. The van der Waals surface area contributed by atoms with E-state index in [0.29, 0.717) is 11.6 Å². The molecular formula is C18H17N3O2S. The van der Waals surface area contributed by atoms with Crippen molar-refractivity contribution in [1.29, 1.82) is 0 Å². The number of nitrogens with zero attached hydrogens (tertiary/aromatic N) is 2. The maximum Gasteiger partial charge on any atom is 0.239 e. The summed E-state index contributed by atoms with van der Waals surface area (Å²) in [6, 6.07) is 14.8. The lowest BCUT2D eigenvalue weighted by Crippen LogP contribution is -2.25. The van der Waals surface area contributed by atoms with Crippen molar-refractivity contribution in [3.8, 4) is 5.75 Å². The maximum atomic E-state index is 12.0. The van der Waals surface area contributed by atoms with Crippen LogP contribution in [0.25, 0.3) is 0 Å². The first-order chi connectivity index (χ1) is 11.6. The molecule has 2 aromatic carbocycles. The Bertz CT molecular complexity index is 783. The van der Waals surface area contributed by atoms with Gasteiger partial charge in [0.1, 0.15) is 5.75 Å². The number of amides is 1. The van der Waals surface area contributed by atoms with Gasteiger partial charge in [-0.25, -0.2) is 0 Å². The van der Waals surface area contributed by atoms with Crippen molar-refractivity contribution >= 4 is 29.1 Å². The fraction of sp³-hybridized carbons (Fsp3) is 0.167. The molecule has 0 radical (unpaired) electrons. The van der Waals surface area contributed by atoms with Crippen LogP contribution in [0.1, 0.15) is 16.7 Å². The summed E-state index contributed by atoms with van der Waals surface area (Å²) in [5.41, 5.74) is 3.15. The maximum absolute atomic E-state index is 12.0. The Labute approximate surface area is 144 Å². The number of hydrogen-bond acceptors (Lipinski definition) is 5. The largest absolute Gasteiger partial charge is 0.508 e. The molecule has 0 saturated carbocycles. The van der Waals surface area contributed by atoms with Gasteiger partial charge in [0, 0.05) is 0 Å². The van der Waals surface area contributed by atoms with E-state index in [1.165, 1.54) is 17.3 Å². The summed E-state index contributed by atoms with van der Waals surface area (Å²) in [4.78, 5) is 12.0. The highest BCUT2D eigenvalue weighted by Crippen LogP contribution is 2.23. The summed E-state index contributed by atoms with van der Waals surface area (Å²) in [6.07, 6.45) is 2.24. The first kappa shape index (κ1) is 16.3. The van der Waals surface area contributed by atoms with E-state index in [2.05, 4.69) is 15.5 Å². The zero-order valence-corrected chi connectivity index (χ0v) is 14.0. The normalized spacial score (nSPS) is 19.1. The SMILES string of the molecule is Cc1ccc(C[C@@H]2S/C(=N/N=C/c3ccc(O)cc3)NC2=O)cc1. The lowest BCUT2D eigenvalue weighted by molar-refractivity contribution is -0.118. The molecule has 0 spiro atoms. The smallest absolute Gasteiger partial charge is 0.239 e. The van der Waals surface area contributed by atoms with Gasteiger partial charge in [0.25, 0.3) is 0 Å². The number of amidine groups is 1. The predicted molar refractivity (Wildman–Crippen MR) is 97.5 cm³/mol. The van der Waals surface area contributed by atoms with Gasteiger partial charge in [0.15, 0.2) is 5.17 Å². The lowest BCUT2D eigenvalue weighted by Gasteiger charge is -2.05. The molecule has 1 aliphatic heterocycles. The number of nitrogens with one attached hydrogen (secondary N) is 1. The number of rotatable bonds is 4. The first-order valence-corrected chi connectivity index (χ1v) is 8.41. The molecule has 0 bridgehead atoms. The minimum absolute atomic E-state index is 0.0424. The van der Waals surface area contributed by atoms with Gasteiger partial charge in [-0.3, -0.25) is 4.79 Å². The van der Waals surface area contributed by atoms with E-state index >= 15 is 0 Å². The van der Waals surface area contributed by atoms with Crippen molar-refractivity contribution in [1.82, 2.24) is 5.32 Å². The molecule has 3 rings (SSSR count). The van der Waals surface area contributed by atoms with Crippen LogP contribution in [0.3, 0.4) is 0 Å². The fourth-order valence-corrected chi connectivity index (χ4v) is 3.20. The Hall–Kier alpha value is -2.60. The molecule has 5 nitrogen and oxygen atoms in total. The van der Waals surface area contributed by atoms with Crippen molar-refractivity contribution in [2.75, 3.05) is 0 Å². The monoisotopic (exact) mass is 339 g/mol. The van der Waals surface area contributed by atoms with E-state index in [4.69, 9.17) is 0 Å². The number of carbonyl (C=O) groups is 1. The van der Waals surface area contributed by atoms with Gasteiger partial charge in [-0.1, -0.05) is 41.6 Å². The summed E-state index contributed by atoms with van der Waals surface area (Å²) in [6.45, 7) is 2.04. The number of phenols is 1. The minimum atomic E-state index is -0.185. The Morgan fingerprint density at radius 3 is 2.58 bits per heavy atom. The van der Waals surface area contributed by atoms with E-state index in [1.54, 1.807) is 30.5 Å². The zero-order chi connectivity index (χ0) is 16.9. The first-order valence-electron chi connectivity index (χ1n) is 7.53. The molecule has 1 amide bonds. The Morgan fingerprint density at radius 2 is 1.88 bits per heavy atom. The Kier molecular flexibility index (Phi) is 4.96.